The fraction of sp³-hybridized carbons (Fsp3) is 0.143. The maximum absolute atomic E-state index is 12.5. The highest BCUT2D eigenvalue weighted by molar-refractivity contribution is 7.87. The third-order valence-corrected chi connectivity index (χ3v) is 6.17. The molecule has 0 saturated heterocycles. The van der Waals surface area contributed by atoms with Crippen molar-refractivity contribution in [3.63, 3.8) is 0 Å². The summed E-state index contributed by atoms with van der Waals surface area (Å²) < 4.78 is 48.0. The van der Waals surface area contributed by atoms with Crippen LogP contribution < -0.4 is 14.2 Å². The first kappa shape index (κ1) is 21.5. The average Bonchev–Trinajstić information content (AvgIpc) is 3.48. The Bertz CT molecular complexity index is 1400. The quantitative estimate of drug-likeness (QED) is 0.400. The highest BCUT2D eigenvalue weighted by Gasteiger charge is 2.34. The number of nitrogens with zero attached hydrogens (tertiary/aromatic N) is 3. The molecule has 0 bridgehead atoms. The molecule has 34 heavy (non-hydrogen) atoms. The molecule has 0 fully saturated rings. The number of fused-ring (bicyclic) bond motifs is 1. The molecule has 5 rings (SSSR count). The topological polar surface area (TPSA) is 150 Å². The molecule has 0 aliphatic carbocycles. The Morgan fingerprint density at radius 2 is 1.91 bits per heavy atom. The average molecular weight is 484 g/mol. The van der Waals surface area contributed by atoms with Crippen molar-refractivity contribution in [2.24, 2.45) is 0 Å². The van der Waals surface area contributed by atoms with Gasteiger partial charge in [-0.3, -0.25) is 9.10 Å². The van der Waals surface area contributed by atoms with Gasteiger partial charge in [-0.1, -0.05) is 35.5 Å². The van der Waals surface area contributed by atoms with Gasteiger partial charge in [0.05, 0.1) is 6.54 Å². The number of nitrogens with one attached hydrogen (secondary N) is 1. The van der Waals surface area contributed by atoms with Crippen LogP contribution in [0.4, 0.5) is 0 Å². The van der Waals surface area contributed by atoms with Gasteiger partial charge in [0.1, 0.15) is 5.57 Å². The number of carbonyl (C=O) groups is 2. The Morgan fingerprint density at radius 1 is 1.12 bits per heavy atom. The molecular weight excluding hydrogens is 468 g/mol. The minimum absolute atomic E-state index is 0.0217. The summed E-state index contributed by atoms with van der Waals surface area (Å²) in [6.45, 7) is -0.380. The van der Waals surface area contributed by atoms with E-state index in [4.69, 9.17) is 18.7 Å². The number of ether oxygens (including phenoxy) is 3. The predicted octanol–water partition coefficient (Wildman–Crippen LogP) is 1.27. The van der Waals surface area contributed by atoms with E-state index < -0.39 is 34.3 Å². The van der Waals surface area contributed by atoms with Crippen molar-refractivity contribution < 1.29 is 36.7 Å². The van der Waals surface area contributed by atoms with Crippen LogP contribution in [0.1, 0.15) is 11.5 Å². The Labute approximate surface area is 192 Å². The lowest BCUT2D eigenvalue weighted by Gasteiger charge is -2.25. The van der Waals surface area contributed by atoms with Crippen LogP contribution in [-0.4, -0.2) is 41.5 Å². The molecule has 174 valence electrons. The van der Waals surface area contributed by atoms with E-state index in [0.29, 0.717) is 22.6 Å². The van der Waals surface area contributed by atoms with Gasteiger partial charge in [-0.25, -0.2) is 9.52 Å². The minimum Gasteiger partial charge on any atom is -0.454 e. The van der Waals surface area contributed by atoms with E-state index in [-0.39, 0.29) is 25.1 Å². The summed E-state index contributed by atoms with van der Waals surface area (Å²) in [5.41, 5.74) is 0.774. The van der Waals surface area contributed by atoms with Crippen molar-refractivity contribution in [1.29, 1.82) is 0 Å². The molecule has 2 aliphatic heterocycles. The molecule has 12 nitrogen and oxygen atoms in total. The molecule has 2 aliphatic rings. The van der Waals surface area contributed by atoms with Gasteiger partial charge in [-0.05, 0) is 23.8 Å². The van der Waals surface area contributed by atoms with E-state index in [1.807, 2.05) is 4.72 Å². The minimum atomic E-state index is -4.15. The van der Waals surface area contributed by atoms with Crippen molar-refractivity contribution in [3.8, 4) is 22.9 Å². The molecule has 0 spiro atoms. The molecule has 13 heteroatoms. The lowest BCUT2D eigenvalue weighted by Crippen LogP contribution is -2.47. The van der Waals surface area contributed by atoms with Crippen LogP contribution in [0.5, 0.6) is 11.5 Å². The monoisotopic (exact) mass is 484 g/mol. The summed E-state index contributed by atoms with van der Waals surface area (Å²) in [5.74, 6) is -0.788. The molecule has 0 radical (unpaired) electrons. The number of aromatic nitrogens is 2. The van der Waals surface area contributed by atoms with E-state index in [1.54, 1.807) is 48.5 Å². The summed E-state index contributed by atoms with van der Waals surface area (Å²) in [6.07, 6.45) is 0.940. The number of benzene rings is 2. The van der Waals surface area contributed by atoms with Crippen LogP contribution in [0.25, 0.3) is 11.4 Å². The van der Waals surface area contributed by atoms with E-state index in [0.717, 1.165) is 10.5 Å². The van der Waals surface area contributed by atoms with Gasteiger partial charge in [0, 0.05) is 11.8 Å². The Kier molecular flexibility index (Phi) is 5.37. The zero-order valence-corrected chi connectivity index (χ0v) is 18.1. The smallest absolute Gasteiger partial charge is 0.345 e. The standard InChI is InChI=1S/C21H16N4O8S/c26-20-15(10-25(34(28,29)24-20)9-13-4-2-1-3-5-13)21(27)30-11-18-22-19(23-33-18)14-6-7-16-17(8-14)32-12-31-16/h1-8,10H,9,11-12H2,(H,24,26). The van der Waals surface area contributed by atoms with Gasteiger partial charge in [-0.2, -0.15) is 13.4 Å². The maximum atomic E-state index is 12.5. The summed E-state index contributed by atoms with van der Waals surface area (Å²) in [5, 5.41) is 3.84. The first-order valence-electron chi connectivity index (χ1n) is 9.88. The normalized spacial score (nSPS) is 16.1. The zero-order chi connectivity index (χ0) is 23.7. The fourth-order valence-corrected chi connectivity index (χ4v) is 4.24. The highest BCUT2D eigenvalue weighted by atomic mass is 32.2. The van der Waals surface area contributed by atoms with Gasteiger partial charge in [-0.15, -0.1) is 0 Å². The van der Waals surface area contributed by atoms with Crippen molar-refractivity contribution in [2.45, 2.75) is 13.2 Å². The van der Waals surface area contributed by atoms with Gasteiger partial charge in [0.2, 0.25) is 12.6 Å². The number of esters is 1. The predicted molar refractivity (Wildman–Crippen MR) is 113 cm³/mol. The van der Waals surface area contributed by atoms with Gasteiger partial charge < -0.3 is 18.7 Å². The maximum Gasteiger partial charge on any atom is 0.345 e. The summed E-state index contributed by atoms with van der Waals surface area (Å²) in [4.78, 5) is 28.8. The highest BCUT2D eigenvalue weighted by Crippen LogP contribution is 2.35. The molecular formula is C21H16N4O8S. The van der Waals surface area contributed by atoms with Crippen LogP contribution in [0, 0.1) is 0 Å². The lowest BCUT2D eigenvalue weighted by molar-refractivity contribution is -0.142. The number of carbonyl (C=O) groups excluding carboxylic acids is 2. The molecule has 1 amide bonds. The molecule has 1 N–H and O–H groups in total. The second-order valence-corrected chi connectivity index (χ2v) is 8.79. The molecule has 3 heterocycles. The third-order valence-electron chi connectivity index (χ3n) is 4.87. The number of amides is 1. The first-order valence-corrected chi connectivity index (χ1v) is 11.3. The van der Waals surface area contributed by atoms with Crippen LogP contribution in [0.3, 0.4) is 0 Å². The van der Waals surface area contributed by atoms with E-state index >= 15 is 0 Å². The molecule has 3 aromatic rings. The van der Waals surface area contributed by atoms with E-state index in [2.05, 4.69) is 10.1 Å². The number of hydrogen-bond acceptors (Lipinski definition) is 10. The van der Waals surface area contributed by atoms with Crippen molar-refractivity contribution in [2.75, 3.05) is 6.79 Å². The largest absolute Gasteiger partial charge is 0.454 e. The summed E-state index contributed by atoms with van der Waals surface area (Å²) in [6, 6.07) is 13.8. The zero-order valence-electron chi connectivity index (χ0n) is 17.3. The molecule has 1 aromatic heterocycles. The van der Waals surface area contributed by atoms with Crippen LogP contribution in [-0.2, 0) is 37.7 Å². The van der Waals surface area contributed by atoms with Crippen molar-refractivity contribution in [1.82, 2.24) is 19.2 Å². The van der Waals surface area contributed by atoms with Crippen molar-refractivity contribution >= 4 is 22.1 Å². The molecule has 0 saturated carbocycles. The van der Waals surface area contributed by atoms with Crippen LogP contribution in [0.2, 0.25) is 0 Å². The molecule has 0 unspecified atom stereocenters. The van der Waals surface area contributed by atoms with Crippen LogP contribution in [0.15, 0.2) is 64.8 Å². The Balaban J connectivity index is 1.28. The van der Waals surface area contributed by atoms with E-state index in [1.165, 1.54) is 0 Å². The Hall–Kier alpha value is -4.39. The van der Waals surface area contributed by atoms with Gasteiger partial charge >= 0.3 is 16.2 Å². The lowest BCUT2D eigenvalue weighted by atomic mass is 10.2. The second-order valence-electron chi connectivity index (χ2n) is 7.17. The summed E-state index contributed by atoms with van der Waals surface area (Å²) in [7, 11) is -4.15. The Morgan fingerprint density at radius 3 is 2.74 bits per heavy atom. The fourth-order valence-electron chi connectivity index (χ4n) is 3.21. The second kappa shape index (κ2) is 8.51. The van der Waals surface area contributed by atoms with E-state index in [9.17, 15) is 18.0 Å². The summed E-state index contributed by atoms with van der Waals surface area (Å²) >= 11 is 0. The first-order chi connectivity index (χ1) is 16.4. The number of rotatable bonds is 6. The number of hydrogen-bond donors (Lipinski definition) is 1. The molecule has 2 aromatic carbocycles. The third kappa shape index (κ3) is 4.28. The van der Waals surface area contributed by atoms with Gasteiger partial charge in [0.25, 0.3) is 11.8 Å². The van der Waals surface area contributed by atoms with Gasteiger partial charge in [0.15, 0.2) is 18.1 Å². The molecule has 0 atom stereocenters. The van der Waals surface area contributed by atoms with Crippen LogP contribution >= 0.6 is 0 Å². The van der Waals surface area contributed by atoms with Crippen molar-refractivity contribution in [3.05, 3.63) is 71.8 Å². The SMILES string of the molecule is O=C1NS(=O)(=O)N(Cc2ccccc2)C=C1C(=O)OCc1nc(-c2ccc3c(c2)OCO3)no1.